The number of hydrogen-bond acceptors (Lipinski definition) is 5. The van der Waals surface area contributed by atoms with Crippen LogP contribution in [0.2, 0.25) is 0 Å². The Hall–Kier alpha value is -1.82. The van der Waals surface area contributed by atoms with E-state index < -0.39 is 0 Å². The van der Waals surface area contributed by atoms with Crippen LogP contribution < -0.4 is 4.74 Å². The van der Waals surface area contributed by atoms with Gasteiger partial charge < -0.3 is 4.74 Å². The van der Waals surface area contributed by atoms with Gasteiger partial charge in [-0.25, -0.2) is 4.99 Å². The van der Waals surface area contributed by atoms with Crippen LogP contribution in [0.25, 0.3) is 0 Å². The molecule has 0 fully saturated rings. The van der Waals surface area contributed by atoms with Crippen molar-refractivity contribution >= 4 is 22.6 Å². The molecule has 5 nitrogen and oxygen atoms in total. The van der Waals surface area contributed by atoms with Gasteiger partial charge in [-0.2, -0.15) is 0 Å². The van der Waals surface area contributed by atoms with Crippen molar-refractivity contribution < 1.29 is 4.74 Å². The van der Waals surface area contributed by atoms with Crippen molar-refractivity contribution in [2.24, 2.45) is 10.9 Å². The van der Waals surface area contributed by atoms with Crippen LogP contribution in [0.3, 0.4) is 0 Å². The fourth-order valence-corrected chi connectivity index (χ4v) is 3.19. The number of fused-ring (bicyclic) bond motifs is 1. The zero-order valence-corrected chi connectivity index (χ0v) is 13.7. The van der Waals surface area contributed by atoms with Crippen molar-refractivity contribution in [3.8, 4) is 5.75 Å². The molecule has 0 saturated heterocycles. The number of hydrogen-bond donors (Lipinski definition) is 0. The van der Waals surface area contributed by atoms with Crippen LogP contribution in [0.15, 0.2) is 35.8 Å². The van der Waals surface area contributed by atoms with E-state index in [1.807, 2.05) is 16.7 Å². The summed E-state index contributed by atoms with van der Waals surface area (Å²) in [5.74, 6) is 2.55. The molecule has 0 N–H and O–H groups in total. The highest BCUT2D eigenvalue weighted by atomic mass is 32.2. The van der Waals surface area contributed by atoms with E-state index in [2.05, 4.69) is 35.1 Å². The van der Waals surface area contributed by atoms with Gasteiger partial charge in [0.05, 0.1) is 12.3 Å². The summed E-state index contributed by atoms with van der Waals surface area (Å²) >= 11 is 1.68. The van der Waals surface area contributed by atoms with Crippen LogP contribution in [-0.4, -0.2) is 26.5 Å². The molecular weight excluding hydrogens is 296 g/mol. The number of aliphatic imine (C=N–C) groups is 1. The van der Waals surface area contributed by atoms with Crippen molar-refractivity contribution in [1.82, 2.24) is 14.8 Å². The molecule has 6 heteroatoms. The SMILES string of the molecule is CC(C)CCCOc1ccc2c(c1)CSC(n1cnnc1)=N2. The number of benzene rings is 1. The summed E-state index contributed by atoms with van der Waals surface area (Å²) in [6.07, 6.45) is 5.64. The minimum absolute atomic E-state index is 0.731. The molecule has 0 unspecified atom stereocenters. The molecule has 116 valence electrons. The van der Waals surface area contributed by atoms with E-state index in [1.165, 1.54) is 12.0 Å². The Labute approximate surface area is 134 Å². The second-order valence-electron chi connectivity index (χ2n) is 5.73. The van der Waals surface area contributed by atoms with E-state index >= 15 is 0 Å². The van der Waals surface area contributed by atoms with Crippen molar-refractivity contribution in [2.45, 2.75) is 32.4 Å². The third kappa shape index (κ3) is 3.68. The molecule has 1 aromatic heterocycles. The Morgan fingerprint density at radius 2 is 2.09 bits per heavy atom. The lowest BCUT2D eigenvalue weighted by atomic mass is 10.1. The zero-order chi connectivity index (χ0) is 15.4. The van der Waals surface area contributed by atoms with Gasteiger partial charge in [-0.15, -0.1) is 10.2 Å². The fraction of sp³-hybridized carbons (Fsp3) is 0.438. The van der Waals surface area contributed by atoms with Gasteiger partial charge in [0.1, 0.15) is 18.4 Å². The van der Waals surface area contributed by atoms with E-state index in [0.29, 0.717) is 0 Å². The first kappa shape index (κ1) is 15.1. The average Bonchev–Trinajstić information content (AvgIpc) is 3.05. The lowest BCUT2D eigenvalue weighted by Gasteiger charge is -2.16. The molecule has 2 heterocycles. The largest absolute Gasteiger partial charge is 0.494 e. The van der Waals surface area contributed by atoms with Crippen molar-refractivity contribution in [3.05, 3.63) is 36.4 Å². The third-order valence-electron chi connectivity index (χ3n) is 3.46. The van der Waals surface area contributed by atoms with Crippen molar-refractivity contribution in [2.75, 3.05) is 6.61 Å². The maximum Gasteiger partial charge on any atom is 0.175 e. The van der Waals surface area contributed by atoms with Gasteiger partial charge >= 0.3 is 0 Å². The molecule has 1 aliphatic heterocycles. The van der Waals surface area contributed by atoms with Crippen LogP contribution >= 0.6 is 11.8 Å². The molecular formula is C16H20N4OS. The second-order valence-corrected chi connectivity index (χ2v) is 6.67. The highest BCUT2D eigenvalue weighted by molar-refractivity contribution is 8.13. The third-order valence-corrected chi connectivity index (χ3v) is 4.47. The van der Waals surface area contributed by atoms with Crippen molar-refractivity contribution in [3.63, 3.8) is 0 Å². The summed E-state index contributed by atoms with van der Waals surface area (Å²) in [6, 6.07) is 6.12. The molecule has 0 bridgehead atoms. The number of rotatable bonds is 5. The number of nitrogens with zero attached hydrogens (tertiary/aromatic N) is 4. The lowest BCUT2D eigenvalue weighted by molar-refractivity contribution is 0.297. The molecule has 0 atom stereocenters. The molecule has 0 radical (unpaired) electrons. The van der Waals surface area contributed by atoms with Gasteiger partial charge in [0.25, 0.3) is 0 Å². The van der Waals surface area contributed by atoms with Crippen LogP contribution in [0.1, 0.15) is 32.3 Å². The summed E-state index contributed by atoms with van der Waals surface area (Å²) in [5, 5.41) is 8.55. The summed E-state index contributed by atoms with van der Waals surface area (Å²) in [6.45, 7) is 5.25. The quantitative estimate of drug-likeness (QED) is 0.786. The van der Waals surface area contributed by atoms with Crippen LogP contribution in [0.4, 0.5) is 5.69 Å². The van der Waals surface area contributed by atoms with Crippen molar-refractivity contribution in [1.29, 1.82) is 0 Å². The maximum absolute atomic E-state index is 5.84. The van der Waals surface area contributed by atoms with Crippen LogP contribution in [0.5, 0.6) is 5.75 Å². The first-order valence-electron chi connectivity index (χ1n) is 7.54. The molecule has 2 aromatic rings. The van der Waals surface area contributed by atoms with E-state index in [-0.39, 0.29) is 0 Å². The lowest BCUT2D eigenvalue weighted by Crippen LogP contribution is -2.09. The summed E-state index contributed by atoms with van der Waals surface area (Å²) in [5.41, 5.74) is 2.21. The molecule has 3 rings (SSSR count). The first-order valence-corrected chi connectivity index (χ1v) is 8.53. The molecule has 0 spiro atoms. The molecule has 0 saturated carbocycles. The molecule has 1 aromatic carbocycles. The van der Waals surface area contributed by atoms with E-state index in [9.17, 15) is 0 Å². The Morgan fingerprint density at radius 1 is 1.27 bits per heavy atom. The number of ether oxygens (including phenoxy) is 1. The molecule has 1 aliphatic rings. The maximum atomic E-state index is 5.84. The van der Waals surface area contributed by atoms with E-state index in [0.717, 1.165) is 41.3 Å². The fourth-order valence-electron chi connectivity index (χ4n) is 2.27. The Balaban J connectivity index is 1.66. The van der Waals surface area contributed by atoms with Gasteiger partial charge in [-0.05, 0) is 42.5 Å². The van der Waals surface area contributed by atoms with Gasteiger partial charge in [0.2, 0.25) is 0 Å². The van der Waals surface area contributed by atoms with Crippen LogP contribution in [0, 0.1) is 5.92 Å². The Kier molecular flexibility index (Phi) is 4.77. The second kappa shape index (κ2) is 6.96. The van der Waals surface area contributed by atoms with E-state index in [4.69, 9.17) is 4.74 Å². The topological polar surface area (TPSA) is 52.3 Å². The molecule has 0 amide bonds. The van der Waals surface area contributed by atoms with Gasteiger partial charge in [0.15, 0.2) is 5.17 Å². The smallest absolute Gasteiger partial charge is 0.175 e. The van der Waals surface area contributed by atoms with Crippen LogP contribution in [-0.2, 0) is 5.75 Å². The highest BCUT2D eigenvalue weighted by Gasteiger charge is 2.15. The predicted octanol–water partition coefficient (Wildman–Crippen LogP) is 3.88. The average molecular weight is 316 g/mol. The molecule has 22 heavy (non-hydrogen) atoms. The predicted molar refractivity (Wildman–Crippen MR) is 89.8 cm³/mol. The van der Waals surface area contributed by atoms with Gasteiger partial charge in [0, 0.05) is 5.75 Å². The number of thioether (sulfide) groups is 1. The normalized spacial score (nSPS) is 13.9. The van der Waals surface area contributed by atoms with Gasteiger partial charge in [-0.3, -0.25) is 4.57 Å². The summed E-state index contributed by atoms with van der Waals surface area (Å²) < 4.78 is 7.68. The monoisotopic (exact) mass is 316 g/mol. The minimum atomic E-state index is 0.731. The van der Waals surface area contributed by atoms with Gasteiger partial charge in [-0.1, -0.05) is 25.6 Å². The van der Waals surface area contributed by atoms with E-state index in [1.54, 1.807) is 24.4 Å². The first-order chi connectivity index (χ1) is 10.7. The minimum Gasteiger partial charge on any atom is -0.494 e. The Bertz CT molecular complexity index is 652. The molecule has 0 aliphatic carbocycles. The zero-order valence-electron chi connectivity index (χ0n) is 12.9. The standard InChI is InChI=1S/C16H20N4OS/c1-12(2)4-3-7-21-14-5-6-15-13(8-14)9-22-16(19-15)20-10-17-18-11-20/h5-6,8,10-12H,3-4,7,9H2,1-2H3. The highest BCUT2D eigenvalue weighted by Crippen LogP contribution is 2.34. The summed E-state index contributed by atoms with van der Waals surface area (Å²) in [7, 11) is 0. The Morgan fingerprint density at radius 3 is 2.86 bits per heavy atom. The number of aromatic nitrogens is 3. The summed E-state index contributed by atoms with van der Waals surface area (Å²) in [4.78, 5) is 4.66.